The zero-order chi connectivity index (χ0) is 12.7. The minimum absolute atomic E-state index is 0.0760. The molecular weight excluding hydrogens is 222 g/mol. The van der Waals surface area contributed by atoms with E-state index in [1.165, 1.54) is 13.3 Å². The third-order valence-corrected chi connectivity index (χ3v) is 2.17. The predicted molar refractivity (Wildman–Crippen MR) is 63.3 cm³/mol. The second kappa shape index (κ2) is 6.52. The van der Waals surface area contributed by atoms with E-state index in [1.807, 2.05) is 0 Å². The summed E-state index contributed by atoms with van der Waals surface area (Å²) in [6, 6.07) is 7.06. The minimum Gasteiger partial charge on any atom is -0.624 e. The van der Waals surface area contributed by atoms with E-state index < -0.39 is 5.97 Å². The summed E-state index contributed by atoms with van der Waals surface area (Å²) in [5.74, 6) is 0.336. The van der Waals surface area contributed by atoms with Crippen LogP contribution in [0, 0.1) is 5.21 Å². The van der Waals surface area contributed by atoms with Crippen molar-refractivity contribution in [1.29, 1.82) is 0 Å². The van der Waals surface area contributed by atoms with Gasteiger partial charge in [0.05, 0.1) is 14.2 Å². The summed E-state index contributed by atoms with van der Waals surface area (Å²) in [6.45, 7) is 0.0820. The number of rotatable bonds is 5. The Bertz CT molecular complexity index is 397. The Morgan fingerprint density at radius 1 is 1.35 bits per heavy atom. The van der Waals surface area contributed by atoms with Crippen LogP contribution in [0.3, 0.4) is 0 Å². The molecule has 0 unspecified atom stereocenters. The molecule has 0 aliphatic carbocycles. The second-order valence-corrected chi connectivity index (χ2v) is 3.37. The Balaban J connectivity index is 2.57. The predicted octanol–water partition coefficient (Wildman–Crippen LogP) is 1.19. The molecule has 0 aliphatic rings. The number of hydrogen-bond donors (Lipinski definition) is 0. The Morgan fingerprint density at radius 2 is 2.00 bits per heavy atom. The molecule has 92 valence electrons. The molecule has 5 heteroatoms. The van der Waals surface area contributed by atoms with E-state index in [-0.39, 0.29) is 13.0 Å². The highest BCUT2D eigenvalue weighted by Gasteiger charge is 2.03. The third kappa shape index (κ3) is 4.55. The number of carbonyl (C=O) groups excluding carboxylic acids is 1. The van der Waals surface area contributed by atoms with E-state index in [0.717, 1.165) is 11.3 Å². The van der Waals surface area contributed by atoms with E-state index in [4.69, 9.17) is 4.74 Å². The van der Waals surface area contributed by atoms with Gasteiger partial charge in [0.15, 0.2) is 12.8 Å². The summed E-state index contributed by atoms with van der Waals surface area (Å²) in [7, 11) is 2.87. The number of carbonyl (C=O) groups is 1. The maximum Gasteiger partial charge on any atom is 0.311 e. The van der Waals surface area contributed by atoms with Gasteiger partial charge >= 0.3 is 5.97 Å². The van der Waals surface area contributed by atoms with Crippen molar-refractivity contribution >= 4 is 12.2 Å². The molecule has 0 bridgehead atoms. The molecule has 1 aromatic rings. The van der Waals surface area contributed by atoms with Crippen LogP contribution in [0.25, 0.3) is 0 Å². The molecule has 0 spiro atoms. The average molecular weight is 237 g/mol. The Labute approximate surface area is 99.9 Å². The molecule has 0 heterocycles. The standard InChI is InChI=1S/C12H15NO4/c1-16-11-5-3-10(4-6-11)9-13(15)8-7-12(14)17-2/h3-6,9H,7-8H2,1-2H3/b13-9-. The van der Waals surface area contributed by atoms with Crippen molar-refractivity contribution in [2.24, 2.45) is 0 Å². The van der Waals surface area contributed by atoms with Gasteiger partial charge in [-0.05, 0) is 24.3 Å². The van der Waals surface area contributed by atoms with Gasteiger partial charge in [-0.25, -0.2) is 4.74 Å². The van der Waals surface area contributed by atoms with Gasteiger partial charge in [-0.1, -0.05) is 0 Å². The van der Waals surface area contributed by atoms with Gasteiger partial charge in [0.25, 0.3) is 0 Å². The smallest absolute Gasteiger partial charge is 0.311 e. The van der Waals surface area contributed by atoms with Gasteiger partial charge < -0.3 is 14.7 Å². The number of esters is 1. The van der Waals surface area contributed by atoms with E-state index in [9.17, 15) is 10.0 Å². The number of hydroxylamine groups is 1. The van der Waals surface area contributed by atoms with Crippen LogP contribution in [0.4, 0.5) is 0 Å². The molecule has 0 fully saturated rings. The molecule has 0 N–H and O–H groups in total. The highest BCUT2D eigenvalue weighted by Crippen LogP contribution is 2.09. The van der Waals surface area contributed by atoms with E-state index in [0.29, 0.717) is 4.74 Å². The largest absolute Gasteiger partial charge is 0.624 e. The first kappa shape index (κ1) is 13.0. The van der Waals surface area contributed by atoms with Crippen LogP contribution in [0.5, 0.6) is 5.75 Å². The number of nitrogens with zero attached hydrogens (tertiary/aromatic N) is 1. The van der Waals surface area contributed by atoms with Crippen LogP contribution < -0.4 is 4.74 Å². The number of hydrogen-bond acceptors (Lipinski definition) is 4. The zero-order valence-corrected chi connectivity index (χ0v) is 9.88. The zero-order valence-electron chi connectivity index (χ0n) is 9.88. The fraction of sp³-hybridized carbons (Fsp3) is 0.333. The summed E-state index contributed by atoms with van der Waals surface area (Å²) in [4.78, 5) is 10.8. The molecule has 0 saturated carbocycles. The second-order valence-electron chi connectivity index (χ2n) is 3.37. The molecular formula is C12H15NO4. The first-order valence-corrected chi connectivity index (χ1v) is 5.15. The van der Waals surface area contributed by atoms with Gasteiger partial charge in [0, 0.05) is 5.56 Å². The summed E-state index contributed by atoms with van der Waals surface area (Å²) in [5.41, 5.74) is 0.755. The van der Waals surface area contributed by atoms with Gasteiger partial charge in [-0.3, -0.25) is 4.79 Å². The fourth-order valence-electron chi connectivity index (χ4n) is 1.22. The van der Waals surface area contributed by atoms with Crippen LogP contribution in [0.1, 0.15) is 12.0 Å². The van der Waals surface area contributed by atoms with E-state index >= 15 is 0 Å². The minimum atomic E-state index is -0.394. The molecule has 0 saturated heterocycles. The first-order chi connectivity index (χ1) is 8.15. The van der Waals surface area contributed by atoms with Crippen molar-refractivity contribution < 1.29 is 19.0 Å². The molecule has 1 aromatic carbocycles. The quantitative estimate of drug-likeness (QED) is 0.254. The number of ether oxygens (including phenoxy) is 2. The van der Waals surface area contributed by atoms with Crippen LogP contribution in [0.2, 0.25) is 0 Å². The van der Waals surface area contributed by atoms with E-state index in [1.54, 1.807) is 31.4 Å². The van der Waals surface area contributed by atoms with Crippen molar-refractivity contribution in [3.63, 3.8) is 0 Å². The Kier molecular flexibility index (Phi) is 5.00. The molecule has 1 rings (SSSR count). The first-order valence-electron chi connectivity index (χ1n) is 5.15. The van der Waals surface area contributed by atoms with Crippen LogP contribution >= 0.6 is 0 Å². The Hall–Kier alpha value is -2.04. The lowest BCUT2D eigenvalue weighted by molar-refractivity contribution is -0.451. The van der Waals surface area contributed by atoms with E-state index in [2.05, 4.69) is 4.74 Å². The van der Waals surface area contributed by atoms with Gasteiger partial charge in [-0.15, -0.1) is 0 Å². The van der Waals surface area contributed by atoms with Crippen molar-refractivity contribution in [1.82, 2.24) is 0 Å². The number of benzene rings is 1. The summed E-state index contributed by atoms with van der Waals surface area (Å²) >= 11 is 0. The van der Waals surface area contributed by atoms with Crippen molar-refractivity contribution in [3.8, 4) is 5.75 Å². The van der Waals surface area contributed by atoms with Gasteiger partial charge in [0.2, 0.25) is 0 Å². The fourth-order valence-corrected chi connectivity index (χ4v) is 1.22. The van der Waals surface area contributed by atoms with Crippen LogP contribution in [0.15, 0.2) is 24.3 Å². The Morgan fingerprint density at radius 3 is 2.53 bits per heavy atom. The van der Waals surface area contributed by atoms with Gasteiger partial charge in [0.1, 0.15) is 12.2 Å². The maximum atomic E-state index is 11.4. The summed E-state index contributed by atoms with van der Waals surface area (Å²) in [5, 5.41) is 11.4. The molecule has 0 amide bonds. The van der Waals surface area contributed by atoms with Crippen molar-refractivity contribution in [2.45, 2.75) is 6.42 Å². The average Bonchev–Trinajstić information content (AvgIpc) is 2.36. The summed E-state index contributed by atoms with van der Waals surface area (Å²) < 4.78 is 10.2. The maximum absolute atomic E-state index is 11.4. The SMILES string of the molecule is COC(=O)CC/[N+]([O-])=C/c1ccc(OC)cc1. The topological polar surface area (TPSA) is 61.6 Å². The van der Waals surface area contributed by atoms with Gasteiger partial charge in [-0.2, -0.15) is 0 Å². The molecule has 5 nitrogen and oxygen atoms in total. The molecule has 0 aromatic heterocycles. The lowest BCUT2D eigenvalue weighted by Crippen LogP contribution is -2.13. The lowest BCUT2D eigenvalue weighted by Gasteiger charge is -2.03. The van der Waals surface area contributed by atoms with Crippen LogP contribution in [-0.4, -0.2) is 37.7 Å². The lowest BCUT2D eigenvalue weighted by atomic mass is 10.2. The van der Waals surface area contributed by atoms with Crippen molar-refractivity contribution in [2.75, 3.05) is 20.8 Å². The van der Waals surface area contributed by atoms with Crippen molar-refractivity contribution in [3.05, 3.63) is 35.0 Å². The van der Waals surface area contributed by atoms with Crippen LogP contribution in [-0.2, 0) is 9.53 Å². The monoisotopic (exact) mass is 237 g/mol. The molecule has 17 heavy (non-hydrogen) atoms. The highest BCUT2D eigenvalue weighted by molar-refractivity contribution is 5.76. The normalized spacial score (nSPS) is 11.1. The summed E-state index contributed by atoms with van der Waals surface area (Å²) in [6.07, 6.45) is 1.50. The third-order valence-electron chi connectivity index (χ3n) is 2.17. The highest BCUT2D eigenvalue weighted by atomic mass is 16.5. The molecule has 0 radical (unpaired) electrons. The number of methoxy groups -OCH3 is 2. The molecule has 0 atom stereocenters. The molecule has 0 aliphatic heterocycles.